The largest absolute Gasteiger partial charge is 0.461 e. The van der Waals surface area contributed by atoms with E-state index < -0.39 is 0 Å². The van der Waals surface area contributed by atoms with Crippen LogP contribution in [0.1, 0.15) is 26.2 Å². The van der Waals surface area contributed by atoms with Crippen molar-refractivity contribution in [2.45, 2.75) is 41.8 Å². The van der Waals surface area contributed by atoms with E-state index >= 15 is 0 Å². The Morgan fingerprint density at radius 1 is 1.63 bits per heavy atom. The predicted molar refractivity (Wildman–Crippen MR) is 77.7 cm³/mol. The normalized spacial score (nSPS) is 32.1. The minimum absolute atomic E-state index is 0.123. The Labute approximate surface area is 125 Å². The molecule has 0 bridgehead atoms. The second-order valence-electron chi connectivity index (χ2n) is 5.29. The van der Waals surface area contributed by atoms with Gasteiger partial charge >= 0.3 is 5.97 Å². The first kappa shape index (κ1) is 13.7. The summed E-state index contributed by atoms with van der Waals surface area (Å²) in [4.78, 5) is 16.1. The highest BCUT2D eigenvalue weighted by Crippen LogP contribution is 2.61. The minimum atomic E-state index is -0.123. The molecule has 2 saturated carbocycles. The van der Waals surface area contributed by atoms with Crippen molar-refractivity contribution in [2.24, 2.45) is 11.3 Å². The maximum Gasteiger partial charge on any atom is 0.316 e. The molecule has 4 nitrogen and oxygen atoms in total. The molecule has 0 spiro atoms. The summed E-state index contributed by atoms with van der Waals surface area (Å²) in [5, 5.41) is 0.768. The second kappa shape index (κ2) is 5.26. The van der Waals surface area contributed by atoms with Gasteiger partial charge in [-0.2, -0.15) is 4.37 Å². The molecule has 2 aliphatic carbocycles. The third-order valence-corrected chi connectivity index (χ3v) is 6.83. The minimum Gasteiger partial charge on any atom is -0.461 e. The van der Waals surface area contributed by atoms with Crippen LogP contribution >= 0.6 is 35.1 Å². The predicted octanol–water partition coefficient (Wildman–Crippen LogP) is 3.08. The number of carbonyl (C=O) groups excluding carboxylic acids is 1. The smallest absolute Gasteiger partial charge is 0.316 e. The van der Waals surface area contributed by atoms with E-state index in [1.165, 1.54) is 47.9 Å². The molecule has 0 aliphatic heterocycles. The van der Waals surface area contributed by atoms with Gasteiger partial charge in [-0.3, -0.25) is 4.79 Å². The van der Waals surface area contributed by atoms with Crippen molar-refractivity contribution in [1.82, 2.24) is 9.36 Å². The molecule has 1 heterocycles. The highest BCUT2D eigenvalue weighted by atomic mass is 32.2. The zero-order valence-electron chi connectivity index (χ0n) is 10.9. The number of esters is 1. The lowest BCUT2D eigenvalue weighted by Crippen LogP contribution is -2.59. The molecule has 19 heavy (non-hydrogen) atoms. The number of hydrogen-bond donors (Lipinski definition) is 0. The van der Waals surface area contributed by atoms with Crippen molar-refractivity contribution in [1.29, 1.82) is 0 Å². The Kier molecular flexibility index (Phi) is 3.79. The SMILES string of the molecule is CSc1nsc(SCC(=O)OC2CC3CCC32C)n1. The summed E-state index contributed by atoms with van der Waals surface area (Å²) in [6.07, 6.45) is 5.66. The Bertz CT molecular complexity index is 493. The van der Waals surface area contributed by atoms with Crippen LogP contribution < -0.4 is 0 Å². The van der Waals surface area contributed by atoms with Crippen molar-refractivity contribution in [3.8, 4) is 0 Å². The molecular formula is C12H16N2O2S3. The van der Waals surface area contributed by atoms with Gasteiger partial charge in [0.2, 0.25) is 5.16 Å². The van der Waals surface area contributed by atoms with Gasteiger partial charge in [0.05, 0.1) is 5.75 Å². The molecule has 3 rings (SSSR count). The standard InChI is InChI=1S/C12H16N2O2S3/c1-12-4-3-7(12)5-8(12)16-9(15)6-18-11-13-10(17-2)14-19-11/h7-8H,3-6H2,1-2H3. The van der Waals surface area contributed by atoms with Crippen LogP contribution in [0.2, 0.25) is 0 Å². The van der Waals surface area contributed by atoms with Crippen LogP contribution in [-0.2, 0) is 9.53 Å². The average molecular weight is 316 g/mol. The van der Waals surface area contributed by atoms with E-state index in [-0.39, 0.29) is 17.5 Å². The molecule has 0 amide bonds. The molecule has 2 fully saturated rings. The maximum atomic E-state index is 11.8. The van der Waals surface area contributed by atoms with Crippen LogP contribution in [0.5, 0.6) is 0 Å². The van der Waals surface area contributed by atoms with Crippen LogP contribution in [0, 0.1) is 11.3 Å². The quantitative estimate of drug-likeness (QED) is 0.614. The fraction of sp³-hybridized carbons (Fsp3) is 0.750. The molecule has 3 unspecified atom stereocenters. The first-order chi connectivity index (χ1) is 9.11. The van der Waals surface area contributed by atoms with Crippen molar-refractivity contribution in [3.63, 3.8) is 0 Å². The lowest BCUT2D eigenvalue weighted by molar-refractivity contribution is -0.205. The summed E-state index contributed by atoms with van der Waals surface area (Å²) in [5.41, 5.74) is 0.287. The van der Waals surface area contributed by atoms with E-state index in [0.717, 1.165) is 21.8 Å². The summed E-state index contributed by atoms with van der Waals surface area (Å²) in [6, 6.07) is 0. The van der Waals surface area contributed by atoms with E-state index in [1.54, 1.807) is 0 Å². The Morgan fingerprint density at radius 2 is 2.47 bits per heavy atom. The molecule has 0 N–H and O–H groups in total. The molecule has 3 atom stereocenters. The van der Waals surface area contributed by atoms with E-state index in [2.05, 4.69) is 16.3 Å². The van der Waals surface area contributed by atoms with Gasteiger partial charge in [0.15, 0.2) is 4.34 Å². The monoisotopic (exact) mass is 316 g/mol. The number of thioether (sulfide) groups is 2. The molecule has 0 aromatic carbocycles. The van der Waals surface area contributed by atoms with Crippen LogP contribution in [0.25, 0.3) is 0 Å². The van der Waals surface area contributed by atoms with E-state index in [4.69, 9.17) is 4.74 Å². The average Bonchev–Trinajstić information content (AvgIpc) is 2.87. The first-order valence-corrected chi connectivity index (χ1v) is 9.30. The molecule has 0 radical (unpaired) electrons. The fourth-order valence-electron chi connectivity index (χ4n) is 2.82. The third kappa shape index (κ3) is 2.52. The second-order valence-corrected chi connectivity index (χ2v) is 8.04. The summed E-state index contributed by atoms with van der Waals surface area (Å²) in [5.74, 6) is 1.01. The number of nitrogens with zero attached hydrogens (tertiary/aromatic N) is 2. The van der Waals surface area contributed by atoms with Gasteiger partial charge in [-0.1, -0.05) is 30.4 Å². The number of rotatable bonds is 5. The topological polar surface area (TPSA) is 52.1 Å². The molecule has 7 heteroatoms. The van der Waals surface area contributed by atoms with E-state index in [0.29, 0.717) is 5.75 Å². The lowest BCUT2D eigenvalue weighted by atomic mass is 9.47. The Balaban J connectivity index is 1.44. The molecule has 1 aromatic rings. The molecular weight excluding hydrogens is 300 g/mol. The highest BCUT2D eigenvalue weighted by molar-refractivity contribution is 8.01. The number of aromatic nitrogens is 2. The molecule has 1 aromatic heterocycles. The van der Waals surface area contributed by atoms with Crippen molar-refractivity contribution in [3.05, 3.63) is 0 Å². The van der Waals surface area contributed by atoms with Crippen molar-refractivity contribution in [2.75, 3.05) is 12.0 Å². The number of hydrogen-bond acceptors (Lipinski definition) is 7. The summed E-state index contributed by atoms with van der Waals surface area (Å²) < 4.78 is 10.6. The number of fused-ring (bicyclic) bond motifs is 1. The van der Waals surface area contributed by atoms with Gasteiger partial charge in [0, 0.05) is 5.41 Å². The summed E-state index contributed by atoms with van der Waals surface area (Å²) >= 11 is 4.27. The van der Waals surface area contributed by atoms with Gasteiger partial charge in [-0.25, -0.2) is 4.98 Å². The van der Waals surface area contributed by atoms with Crippen LogP contribution in [-0.4, -0.2) is 33.4 Å². The zero-order chi connectivity index (χ0) is 13.5. The number of ether oxygens (including phenoxy) is 1. The van der Waals surface area contributed by atoms with Crippen molar-refractivity contribution >= 4 is 41.0 Å². The van der Waals surface area contributed by atoms with Crippen molar-refractivity contribution < 1.29 is 9.53 Å². The lowest BCUT2D eigenvalue weighted by Gasteiger charge is -2.61. The van der Waals surface area contributed by atoms with Gasteiger partial charge in [0.1, 0.15) is 6.10 Å². The van der Waals surface area contributed by atoms with Crippen LogP contribution in [0.4, 0.5) is 0 Å². The molecule has 104 valence electrons. The van der Waals surface area contributed by atoms with Gasteiger partial charge in [0.25, 0.3) is 0 Å². The maximum absolute atomic E-state index is 11.8. The van der Waals surface area contributed by atoms with Crippen LogP contribution in [0.3, 0.4) is 0 Å². The van der Waals surface area contributed by atoms with Crippen LogP contribution in [0.15, 0.2) is 9.50 Å². The van der Waals surface area contributed by atoms with E-state index in [1.807, 2.05) is 6.26 Å². The number of carbonyl (C=O) groups is 1. The Morgan fingerprint density at radius 3 is 3.00 bits per heavy atom. The molecule has 2 aliphatic rings. The molecule has 0 saturated heterocycles. The van der Waals surface area contributed by atoms with Gasteiger partial charge in [-0.05, 0) is 43.0 Å². The summed E-state index contributed by atoms with van der Waals surface area (Å²) in [7, 11) is 0. The van der Waals surface area contributed by atoms with E-state index in [9.17, 15) is 4.79 Å². The van der Waals surface area contributed by atoms with Gasteiger partial charge in [-0.15, -0.1) is 0 Å². The zero-order valence-corrected chi connectivity index (χ0v) is 13.4. The highest BCUT2D eigenvalue weighted by Gasteiger charge is 2.59. The Hall–Kier alpha value is -0.270. The third-order valence-electron chi connectivity index (χ3n) is 4.36. The van der Waals surface area contributed by atoms with Gasteiger partial charge < -0.3 is 4.74 Å². The fourth-order valence-corrected chi connectivity index (χ4v) is 4.81. The first-order valence-electron chi connectivity index (χ1n) is 6.32. The summed E-state index contributed by atoms with van der Waals surface area (Å²) in [6.45, 7) is 2.24.